The van der Waals surface area contributed by atoms with Crippen LogP contribution in [-0.4, -0.2) is 18.5 Å². The first-order chi connectivity index (χ1) is 7.06. The van der Waals surface area contributed by atoms with Gasteiger partial charge in [-0.25, -0.2) is 0 Å². The molecule has 0 N–H and O–H groups in total. The van der Waals surface area contributed by atoms with Gasteiger partial charge in [0.25, 0.3) is 0 Å². The minimum atomic E-state index is -1.62. The lowest BCUT2D eigenvalue weighted by atomic mass is 10.2. The number of hydrogen-bond acceptors (Lipinski definition) is 3. The monoisotopic (exact) mass is 218 g/mol. The van der Waals surface area contributed by atoms with Gasteiger partial charge in [-0.3, -0.25) is 0 Å². The SMILES string of the molecule is C[Si](C)(C)Oc1nncc2ccccc12. The molecule has 1 aromatic heterocycles. The summed E-state index contributed by atoms with van der Waals surface area (Å²) < 4.78 is 5.88. The molecule has 2 rings (SSSR count). The predicted molar refractivity (Wildman–Crippen MR) is 63.5 cm³/mol. The highest BCUT2D eigenvalue weighted by Gasteiger charge is 2.18. The van der Waals surface area contributed by atoms with Crippen LogP contribution in [0.5, 0.6) is 5.88 Å². The summed E-state index contributed by atoms with van der Waals surface area (Å²) >= 11 is 0. The molecule has 0 amide bonds. The van der Waals surface area contributed by atoms with Gasteiger partial charge in [-0.15, -0.1) is 5.10 Å². The maximum absolute atomic E-state index is 5.88. The highest BCUT2D eigenvalue weighted by atomic mass is 28.4. The zero-order valence-electron chi connectivity index (χ0n) is 9.19. The van der Waals surface area contributed by atoms with E-state index >= 15 is 0 Å². The Kier molecular flexibility index (Phi) is 2.44. The molecule has 0 saturated heterocycles. The Morgan fingerprint density at radius 3 is 2.60 bits per heavy atom. The van der Waals surface area contributed by atoms with Crippen LogP contribution in [0.2, 0.25) is 19.6 Å². The summed E-state index contributed by atoms with van der Waals surface area (Å²) in [6, 6.07) is 8.00. The molecule has 0 aliphatic heterocycles. The molecular formula is C11H14N2OSi. The minimum absolute atomic E-state index is 0.660. The van der Waals surface area contributed by atoms with E-state index in [9.17, 15) is 0 Å². The van der Waals surface area contributed by atoms with Crippen LogP contribution < -0.4 is 4.43 Å². The van der Waals surface area contributed by atoms with E-state index in [2.05, 4.69) is 29.8 Å². The molecule has 0 aliphatic rings. The van der Waals surface area contributed by atoms with Crippen LogP contribution in [0.25, 0.3) is 10.8 Å². The Bertz CT molecular complexity index is 474. The van der Waals surface area contributed by atoms with Gasteiger partial charge in [0.2, 0.25) is 14.2 Å². The lowest BCUT2D eigenvalue weighted by molar-refractivity contribution is 0.531. The third kappa shape index (κ3) is 2.33. The fourth-order valence-corrected chi connectivity index (χ4v) is 2.10. The number of rotatable bonds is 2. The van der Waals surface area contributed by atoms with E-state index in [1.807, 2.05) is 24.3 Å². The van der Waals surface area contributed by atoms with E-state index in [4.69, 9.17) is 4.43 Å². The minimum Gasteiger partial charge on any atom is -0.530 e. The van der Waals surface area contributed by atoms with Gasteiger partial charge in [0.1, 0.15) is 0 Å². The molecule has 0 saturated carbocycles. The summed E-state index contributed by atoms with van der Waals surface area (Å²) in [5, 5.41) is 10.1. The first-order valence-electron chi connectivity index (χ1n) is 4.96. The van der Waals surface area contributed by atoms with Crippen molar-refractivity contribution in [1.82, 2.24) is 10.2 Å². The first-order valence-corrected chi connectivity index (χ1v) is 8.36. The van der Waals surface area contributed by atoms with Crippen LogP contribution >= 0.6 is 0 Å². The van der Waals surface area contributed by atoms with E-state index in [0.29, 0.717) is 5.88 Å². The largest absolute Gasteiger partial charge is 0.530 e. The second kappa shape index (κ2) is 3.62. The predicted octanol–water partition coefficient (Wildman–Crippen LogP) is 2.84. The zero-order chi connectivity index (χ0) is 10.9. The quantitative estimate of drug-likeness (QED) is 0.727. The third-order valence-electron chi connectivity index (χ3n) is 1.94. The van der Waals surface area contributed by atoms with E-state index in [1.165, 1.54) is 0 Å². The molecule has 0 fully saturated rings. The smallest absolute Gasteiger partial charge is 0.244 e. The lowest BCUT2D eigenvalue weighted by Gasteiger charge is -2.18. The van der Waals surface area contributed by atoms with Crippen molar-refractivity contribution in [1.29, 1.82) is 0 Å². The van der Waals surface area contributed by atoms with Crippen molar-refractivity contribution in [2.24, 2.45) is 0 Å². The van der Waals surface area contributed by atoms with Crippen LogP contribution in [-0.2, 0) is 0 Å². The number of aromatic nitrogens is 2. The average Bonchev–Trinajstić information content (AvgIpc) is 2.16. The van der Waals surface area contributed by atoms with Crippen molar-refractivity contribution in [3.8, 4) is 5.88 Å². The second-order valence-electron chi connectivity index (χ2n) is 4.45. The van der Waals surface area contributed by atoms with Crippen molar-refractivity contribution in [3.63, 3.8) is 0 Å². The summed E-state index contributed by atoms with van der Waals surface area (Å²) in [4.78, 5) is 0. The highest BCUT2D eigenvalue weighted by molar-refractivity contribution is 6.70. The molecule has 0 unspecified atom stereocenters. The van der Waals surface area contributed by atoms with Gasteiger partial charge in [0.15, 0.2) is 0 Å². The summed E-state index contributed by atoms with van der Waals surface area (Å²) in [5.41, 5.74) is 0. The van der Waals surface area contributed by atoms with E-state index in [1.54, 1.807) is 6.20 Å². The Hall–Kier alpha value is -1.42. The van der Waals surface area contributed by atoms with E-state index in [0.717, 1.165) is 10.8 Å². The maximum atomic E-state index is 5.88. The molecule has 1 aromatic carbocycles. The third-order valence-corrected chi connectivity index (χ3v) is 2.75. The average molecular weight is 218 g/mol. The molecule has 0 aliphatic carbocycles. The van der Waals surface area contributed by atoms with Crippen LogP contribution in [0.1, 0.15) is 0 Å². The summed E-state index contributed by atoms with van der Waals surface area (Å²) in [6.07, 6.45) is 1.76. The molecule has 0 atom stereocenters. The summed E-state index contributed by atoms with van der Waals surface area (Å²) in [5.74, 6) is 0.660. The van der Waals surface area contributed by atoms with E-state index in [-0.39, 0.29) is 0 Å². The lowest BCUT2D eigenvalue weighted by Crippen LogP contribution is -2.29. The molecular weight excluding hydrogens is 204 g/mol. The molecule has 0 radical (unpaired) electrons. The van der Waals surface area contributed by atoms with Gasteiger partial charge in [0, 0.05) is 10.8 Å². The fourth-order valence-electron chi connectivity index (χ4n) is 1.37. The van der Waals surface area contributed by atoms with Crippen LogP contribution in [0, 0.1) is 0 Å². The van der Waals surface area contributed by atoms with Crippen molar-refractivity contribution in [2.45, 2.75) is 19.6 Å². The topological polar surface area (TPSA) is 35.0 Å². The first kappa shape index (κ1) is 10.1. The molecule has 1 heterocycles. The molecule has 78 valence electrons. The Morgan fingerprint density at radius 1 is 1.13 bits per heavy atom. The van der Waals surface area contributed by atoms with Crippen LogP contribution in [0.15, 0.2) is 30.5 Å². The highest BCUT2D eigenvalue weighted by Crippen LogP contribution is 2.23. The number of fused-ring (bicyclic) bond motifs is 1. The zero-order valence-corrected chi connectivity index (χ0v) is 10.2. The van der Waals surface area contributed by atoms with Crippen molar-refractivity contribution < 1.29 is 4.43 Å². The number of nitrogens with zero attached hydrogens (tertiary/aromatic N) is 2. The second-order valence-corrected chi connectivity index (χ2v) is 8.88. The molecule has 3 nitrogen and oxygen atoms in total. The van der Waals surface area contributed by atoms with Crippen molar-refractivity contribution in [3.05, 3.63) is 30.5 Å². The van der Waals surface area contributed by atoms with Gasteiger partial charge in [-0.05, 0) is 25.7 Å². The Morgan fingerprint density at radius 2 is 1.87 bits per heavy atom. The molecule has 4 heteroatoms. The van der Waals surface area contributed by atoms with Crippen molar-refractivity contribution in [2.75, 3.05) is 0 Å². The molecule has 0 bridgehead atoms. The normalized spacial score (nSPS) is 11.7. The standard InChI is InChI=1S/C11H14N2OSi/c1-15(2,3)14-11-10-7-5-4-6-9(10)8-12-13-11/h4-8H,1-3H3. The Balaban J connectivity index is 2.52. The van der Waals surface area contributed by atoms with Crippen LogP contribution in [0.3, 0.4) is 0 Å². The van der Waals surface area contributed by atoms with Crippen LogP contribution in [0.4, 0.5) is 0 Å². The van der Waals surface area contributed by atoms with Gasteiger partial charge in [0.05, 0.1) is 6.20 Å². The summed E-state index contributed by atoms with van der Waals surface area (Å²) in [6.45, 7) is 6.41. The van der Waals surface area contributed by atoms with Gasteiger partial charge >= 0.3 is 0 Å². The number of benzene rings is 1. The van der Waals surface area contributed by atoms with Gasteiger partial charge in [-0.1, -0.05) is 18.2 Å². The van der Waals surface area contributed by atoms with Gasteiger partial charge in [-0.2, -0.15) is 5.10 Å². The summed E-state index contributed by atoms with van der Waals surface area (Å²) in [7, 11) is -1.62. The molecule has 15 heavy (non-hydrogen) atoms. The van der Waals surface area contributed by atoms with E-state index < -0.39 is 8.32 Å². The maximum Gasteiger partial charge on any atom is 0.244 e. The molecule has 2 aromatic rings. The number of hydrogen-bond donors (Lipinski definition) is 0. The fraction of sp³-hybridized carbons (Fsp3) is 0.273. The van der Waals surface area contributed by atoms with Gasteiger partial charge < -0.3 is 4.43 Å². The Labute approximate surface area is 90.2 Å². The van der Waals surface area contributed by atoms with Crippen molar-refractivity contribution >= 4 is 19.1 Å². The molecule has 0 spiro atoms.